The van der Waals surface area contributed by atoms with Gasteiger partial charge in [0.2, 0.25) is 5.91 Å². The Morgan fingerprint density at radius 1 is 1.05 bits per heavy atom. The Labute approximate surface area is 115 Å². The van der Waals surface area contributed by atoms with E-state index in [1.807, 2.05) is 30.3 Å². The second-order valence-corrected chi connectivity index (χ2v) is 5.33. The minimum atomic E-state index is 0.0908. The number of rotatable bonds is 5. The standard InChI is InChI=1S/C16H24N2O/c19-16(18-12-14-8-4-3-5-9-14)13-17-15-10-6-1-2-7-11-15/h3-5,8-9,15,17H,1-2,6-7,10-13H2,(H,18,19). The molecule has 1 aliphatic rings. The van der Waals surface area contributed by atoms with Crippen molar-refractivity contribution in [1.29, 1.82) is 0 Å². The summed E-state index contributed by atoms with van der Waals surface area (Å²) in [4.78, 5) is 11.8. The topological polar surface area (TPSA) is 41.1 Å². The molecule has 1 fully saturated rings. The van der Waals surface area contributed by atoms with Gasteiger partial charge < -0.3 is 10.6 Å². The van der Waals surface area contributed by atoms with Crippen LogP contribution < -0.4 is 10.6 Å². The van der Waals surface area contributed by atoms with Gasteiger partial charge >= 0.3 is 0 Å². The highest BCUT2D eigenvalue weighted by Crippen LogP contribution is 2.16. The zero-order valence-electron chi connectivity index (χ0n) is 11.5. The van der Waals surface area contributed by atoms with E-state index in [1.165, 1.54) is 38.5 Å². The van der Waals surface area contributed by atoms with E-state index in [0.29, 0.717) is 19.1 Å². The molecule has 19 heavy (non-hydrogen) atoms. The first kappa shape index (κ1) is 14.1. The summed E-state index contributed by atoms with van der Waals surface area (Å²) in [6, 6.07) is 10.6. The molecule has 3 heteroatoms. The number of benzene rings is 1. The molecule has 0 atom stereocenters. The molecule has 1 aromatic carbocycles. The van der Waals surface area contributed by atoms with E-state index in [0.717, 1.165) is 5.56 Å². The Hall–Kier alpha value is -1.35. The monoisotopic (exact) mass is 260 g/mol. The van der Waals surface area contributed by atoms with Gasteiger partial charge in [-0.2, -0.15) is 0 Å². The van der Waals surface area contributed by atoms with Gasteiger partial charge in [-0.25, -0.2) is 0 Å². The summed E-state index contributed by atoms with van der Waals surface area (Å²) in [6.07, 6.45) is 7.71. The molecule has 104 valence electrons. The maximum atomic E-state index is 11.8. The minimum absolute atomic E-state index is 0.0908. The fraction of sp³-hybridized carbons (Fsp3) is 0.562. The zero-order valence-corrected chi connectivity index (χ0v) is 11.5. The van der Waals surface area contributed by atoms with Crippen molar-refractivity contribution in [1.82, 2.24) is 10.6 Å². The lowest BCUT2D eigenvalue weighted by Crippen LogP contribution is -2.38. The van der Waals surface area contributed by atoms with Crippen molar-refractivity contribution < 1.29 is 4.79 Å². The van der Waals surface area contributed by atoms with Crippen LogP contribution >= 0.6 is 0 Å². The Balaban J connectivity index is 1.64. The van der Waals surface area contributed by atoms with Crippen molar-refractivity contribution in [3.8, 4) is 0 Å². The van der Waals surface area contributed by atoms with Crippen LogP contribution in [-0.2, 0) is 11.3 Å². The molecule has 0 saturated heterocycles. The first-order valence-corrected chi connectivity index (χ1v) is 7.38. The summed E-state index contributed by atoms with van der Waals surface area (Å²) in [6.45, 7) is 1.06. The lowest BCUT2D eigenvalue weighted by atomic mass is 10.1. The van der Waals surface area contributed by atoms with Crippen molar-refractivity contribution in [2.45, 2.75) is 51.1 Å². The molecular weight excluding hydrogens is 236 g/mol. The molecule has 0 bridgehead atoms. The van der Waals surface area contributed by atoms with Gasteiger partial charge in [0.25, 0.3) is 0 Å². The fourth-order valence-corrected chi connectivity index (χ4v) is 2.58. The first-order chi connectivity index (χ1) is 9.34. The van der Waals surface area contributed by atoms with E-state index < -0.39 is 0 Å². The number of carbonyl (C=O) groups excluding carboxylic acids is 1. The zero-order chi connectivity index (χ0) is 13.3. The van der Waals surface area contributed by atoms with Crippen molar-refractivity contribution >= 4 is 5.91 Å². The Morgan fingerprint density at radius 2 is 1.74 bits per heavy atom. The molecule has 1 saturated carbocycles. The molecule has 0 aliphatic heterocycles. The molecule has 1 aliphatic carbocycles. The molecular formula is C16H24N2O. The van der Waals surface area contributed by atoms with E-state index in [2.05, 4.69) is 10.6 Å². The highest BCUT2D eigenvalue weighted by atomic mass is 16.1. The third kappa shape index (κ3) is 5.43. The van der Waals surface area contributed by atoms with Crippen LogP contribution in [0.25, 0.3) is 0 Å². The smallest absolute Gasteiger partial charge is 0.234 e. The van der Waals surface area contributed by atoms with Crippen LogP contribution in [-0.4, -0.2) is 18.5 Å². The third-order valence-corrected chi connectivity index (χ3v) is 3.74. The van der Waals surface area contributed by atoms with Crippen LogP contribution in [0.15, 0.2) is 30.3 Å². The van der Waals surface area contributed by atoms with Gasteiger partial charge in [0.15, 0.2) is 0 Å². The molecule has 0 aromatic heterocycles. The maximum absolute atomic E-state index is 11.8. The number of hydrogen-bond acceptors (Lipinski definition) is 2. The van der Waals surface area contributed by atoms with E-state index in [-0.39, 0.29) is 5.91 Å². The molecule has 0 heterocycles. The van der Waals surface area contributed by atoms with E-state index in [9.17, 15) is 4.79 Å². The van der Waals surface area contributed by atoms with Crippen LogP contribution in [0.1, 0.15) is 44.1 Å². The third-order valence-electron chi connectivity index (χ3n) is 3.74. The second kappa shape index (κ2) is 7.95. The summed E-state index contributed by atoms with van der Waals surface area (Å²) in [7, 11) is 0. The molecule has 1 amide bonds. The fourth-order valence-electron chi connectivity index (χ4n) is 2.58. The summed E-state index contributed by atoms with van der Waals surface area (Å²) in [5.41, 5.74) is 1.14. The molecule has 0 spiro atoms. The number of amides is 1. The van der Waals surface area contributed by atoms with Crippen LogP contribution in [0.3, 0.4) is 0 Å². The summed E-state index contributed by atoms with van der Waals surface area (Å²) < 4.78 is 0. The quantitative estimate of drug-likeness (QED) is 0.799. The number of nitrogens with one attached hydrogen (secondary N) is 2. The van der Waals surface area contributed by atoms with Gasteiger partial charge in [-0.15, -0.1) is 0 Å². The largest absolute Gasteiger partial charge is 0.351 e. The lowest BCUT2D eigenvalue weighted by molar-refractivity contribution is -0.120. The van der Waals surface area contributed by atoms with E-state index in [1.54, 1.807) is 0 Å². The SMILES string of the molecule is O=C(CNC1CCCCCC1)NCc1ccccc1. The van der Waals surface area contributed by atoms with Crippen molar-refractivity contribution in [3.63, 3.8) is 0 Å². The molecule has 0 unspecified atom stereocenters. The lowest BCUT2D eigenvalue weighted by Gasteiger charge is -2.15. The second-order valence-electron chi connectivity index (χ2n) is 5.33. The summed E-state index contributed by atoms with van der Waals surface area (Å²) in [5.74, 6) is 0.0908. The summed E-state index contributed by atoms with van der Waals surface area (Å²) in [5, 5.41) is 6.34. The highest BCUT2D eigenvalue weighted by molar-refractivity contribution is 5.78. The molecule has 3 nitrogen and oxygen atoms in total. The highest BCUT2D eigenvalue weighted by Gasteiger charge is 2.12. The Morgan fingerprint density at radius 3 is 2.42 bits per heavy atom. The number of carbonyl (C=O) groups is 1. The molecule has 2 N–H and O–H groups in total. The van der Waals surface area contributed by atoms with Crippen LogP contribution in [0.5, 0.6) is 0 Å². The van der Waals surface area contributed by atoms with Crippen molar-refractivity contribution in [2.24, 2.45) is 0 Å². The van der Waals surface area contributed by atoms with Gasteiger partial charge in [0.1, 0.15) is 0 Å². The molecule has 0 radical (unpaired) electrons. The first-order valence-electron chi connectivity index (χ1n) is 7.38. The molecule has 1 aromatic rings. The van der Waals surface area contributed by atoms with E-state index >= 15 is 0 Å². The average molecular weight is 260 g/mol. The molecule has 2 rings (SSSR count). The van der Waals surface area contributed by atoms with Gasteiger partial charge in [-0.05, 0) is 18.4 Å². The Bertz CT molecular complexity index is 370. The normalized spacial score (nSPS) is 16.8. The van der Waals surface area contributed by atoms with Gasteiger partial charge in [-0.3, -0.25) is 4.79 Å². The van der Waals surface area contributed by atoms with Crippen LogP contribution in [0.2, 0.25) is 0 Å². The van der Waals surface area contributed by atoms with E-state index in [4.69, 9.17) is 0 Å². The summed E-state index contributed by atoms with van der Waals surface area (Å²) >= 11 is 0. The average Bonchev–Trinajstić information content (AvgIpc) is 2.73. The van der Waals surface area contributed by atoms with Crippen molar-refractivity contribution in [3.05, 3.63) is 35.9 Å². The van der Waals surface area contributed by atoms with Gasteiger partial charge in [0, 0.05) is 12.6 Å². The van der Waals surface area contributed by atoms with Crippen molar-refractivity contribution in [2.75, 3.05) is 6.54 Å². The maximum Gasteiger partial charge on any atom is 0.234 e. The Kier molecular flexibility index (Phi) is 5.89. The van der Waals surface area contributed by atoms with Crippen LogP contribution in [0.4, 0.5) is 0 Å². The minimum Gasteiger partial charge on any atom is -0.351 e. The predicted molar refractivity (Wildman–Crippen MR) is 77.8 cm³/mol. The van der Waals surface area contributed by atoms with Crippen LogP contribution in [0, 0.1) is 0 Å². The predicted octanol–water partition coefficient (Wildman–Crippen LogP) is 2.62. The van der Waals surface area contributed by atoms with Gasteiger partial charge in [-0.1, -0.05) is 56.0 Å². The van der Waals surface area contributed by atoms with Gasteiger partial charge in [0.05, 0.1) is 6.54 Å². The number of hydrogen-bond donors (Lipinski definition) is 2.